The zero-order chi connectivity index (χ0) is 28.3. The third-order valence-corrected chi connectivity index (χ3v) is 8.39. The second-order valence-electron chi connectivity index (χ2n) is 10.1. The lowest BCUT2D eigenvalue weighted by molar-refractivity contribution is 0.504. The Labute approximate surface area is 236 Å². The second-order valence-corrected chi connectivity index (χ2v) is 11.8. The average molecular weight is 551 g/mol. The Morgan fingerprint density at radius 1 is 0.641 bits per heavy atom. The maximum Gasteiger partial charge on any atom is 0.241 e. The highest BCUT2D eigenvalue weighted by molar-refractivity contribution is 7.89. The summed E-state index contributed by atoms with van der Waals surface area (Å²) in [6.45, 7) is 12.7. The smallest absolute Gasteiger partial charge is 0.241 e. The van der Waals surface area contributed by atoms with Crippen molar-refractivity contribution in [1.82, 2.24) is 4.72 Å². The molecule has 3 N–H and O–H groups in total. The van der Waals surface area contributed by atoms with E-state index in [9.17, 15) is 8.42 Å². The zero-order valence-electron chi connectivity index (χ0n) is 24.0. The van der Waals surface area contributed by atoms with Crippen LogP contribution in [0.5, 0.6) is 0 Å². The van der Waals surface area contributed by atoms with Gasteiger partial charge in [0.15, 0.2) is 0 Å². The van der Waals surface area contributed by atoms with Crippen molar-refractivity contribution in [2.24, 2.45) is 5.73 Å². The number of hydrogen-bond donors (Lipinski definition) is 2. The Balaban J connectivity index is 1.95. The summed E-state index contributed by atoms with van der Waals surface area (Å²) in [6.07, 6.45) is 4.29. The van der Waals surface area contributed by atoms with E-state index in [1.54, 1.807) is 30.3 Å². The molecule has 6 nitrogen and oxygen atoms in total. The molecule has 0 spiro atoms. The fourth-order valence-electron chi connectivity index (χ4n) is 5.00. The molecule has 0 bridgehead atoms. The number of sulfonamides is 1. The summed E-state index contributed by atoms with van der Waals surface area (Å²) >= 11 is 0. The van der Waals surface area contributed by atoms with Crippen molar-refractivity contribution in [2.45, 2.75) is 70.4 Å². The first-order valence-corrected chi connectivity index (χ1v) is 15.9. The van der Waals surface area contributed by atoms with Crippen LogP contribution in [-0.2, 0) is 10.0 Å². The van der Waals surface area contributed by atoms with E-state index in [-0.39, 0.29) is 4.90 Å². The molecule has 212 valence electrons. The quantitative estimate of drug-likeness (QED) is 0.209. The number of rotatable bonds is 16. The average Bonchev–Trinajstić information content (AvgIpc) is 2.96. The predicted octanol–water partition coefficient (Wildman–Crippen LogP) is 6.66. The van der Waals surface area contributed by atoms with E-state index in [1.807, 2.05) is 24.3 Å². The standard InChI is InChI=1S/C32H46N4O2S/c1-5-22-35(23-6-2)28-18-14-26(15-19-28)31(33)32(34-39(37,38)30-12-10-9-11-13-30)27-16-20-29(21-17-27)36(24-7-3)25-8-4/h9-21,31-32,34H,5-8,22-25,33H2,1-4H3. The van der Waals surface area contributed by atoms with Crippen molar-refractivity contribution in [3.8, 4) is 0 Å². The lowest BCUT2D eigenvalue weighted by Crippen LogP contribution is -2.36. The second kappa shape index (κ2) is 15.1. The number of nitrogens with one attached hydrogen (secondary N) is 1. The molecule has 0 aliphatic carbocycles. The third kappa shape index (κ3) is 8.31. The molecule has 0 amide bonds. The van der Waals surface area contributed by atoms with Gasteiger partial charge in [-0.3, -0.25) is 0 Å². The SMILES string of the molecule is CCCN(CCC)c1ccc(C(N)C(NS(=O)(=O)c2ccccc2)c2ccc(N(CCC)CCC)cc2)cc1. The molecular formula is C32H46N4O2S. The van der Waals surface area contributed by atoms with Gasteiger partial charge in [0, 0.05) is 37.6 Å². The van der Waals surface area contributed by atoms with Crippen LogP contribution in [0.2, 0.25) is 0 Å². The summed E-state index contributed by atoms with van der Waals surface area (Å²) in [5.74, 6) is 0. The molecule has 0 saturated heterocycles. The monoisotopic (exact) mass is 550 g/mol. The van der Waals surface area contributed by atoms with Gasteiger partial charge < -0.3 is 15.5 Å². The number of anilines is 2. The minimum absolute atomic E-state index is 0.223. The van der Waals surface area contributed by atoms with Crippen LogP contribution in [0.4, 0.5) is 11.4 Å². The van der Waals surface area contributed by atoms with Crippen LogP contribution in [-0.4, -0.2) is 34.6 Å². The summed E-state index contributed by atoms with van der Waals surface area (Å²) in [4.78, 5) is 4.97. The molecule has 2 unspecified atom stereocenters. The molecule has 3 aromatic carbocycles. The van der Waals surface area contributed by atoms with Crippen LogP contribution in [0.3, 0.4) is 0 Å². The number of nitrogens with two attached hydrogens (primary N) is 1. The summed E-state index contributed by atoms with van der Waals surface area (Å²) in [5, 5.41) is 0. The van der Waals surface area contributed by atoms with Gasteiger partial charge in [-0.1, -0.05) is 70.2 Å². The molecule has 0 aliphatic rings. The van der Waals surface area contributed by atoms with E-state index in [0.717, 1.165) is 74.4 Å². The molecular weight excluding hydrogens is 504 g/mol. The highest BCUT2D eigenvalue weighted by atomic mass is 32.2. The number of benzene rings is 3. The van der Waals surface area contributed by atoms with E-state index in [4.69, 9.17) is 5.73 Å². The lowest BCUT2D eigenvalue weighted by Gasteiger charge is -2.28. The van der Waals surface area contributed by atoms with Crippen molar-refractivity contribution >= 4 is 21.4 Å². The van der Waals surface area contributed by atoms with Gasteiger partial charge in [-0.25, -0.2) is 13.1 Å². The van der Waals surface area contributed by atoms with E-state index >= 15 is 0 Å². The van der Waals surface area contributed by atoms with E-state index in [2.05, 4.69) is 66.5 Å². The Bertz CT molecular complexity index is 1200. The first-order valence-electron chi connectivity index (χ1n) is 14.4. The van der Waals surface area contributed by atoms with Crippen molar-refractivity contribution in [3.05, 3.63) is 90.0 Å². The van der Waals surface area contributed by atoms with Crippen LogP contribution in [0.25, 0.3) is 0 Å². The highest BCUT2D eigenvalue weighted by Gasteiger charge is 2.28. The largest absolute Gasteiger partial charge is 0.372 e. The summed E-state index contributed by atoms with van der Waals surface area (Å²) in [5.41, 5.74) is 10.9. The van der Waals surface area contributed by atoms with Crippen molar-refractivity contribution in [2.75, 3.05) is 36.0 Å². The topological polar surface area (TPSA) is 78.7 Å². The maximum atomic E-state index is 13.4. The molecule has 0 heterocycles. The Hall–Kier alpha value is -2.87. The van der Waals surface area contributed by atoms with Gasteiger partial charge in [0.1, 0.15) is 0 Å². The Kier molecular flexibility index (Phi) is 11.8. The van der Waals surface area contributed by atoms with Gasteiger partial charge in [0.25, 0.3) is 0 Å². The summed E-state index contributed by atoms with van der Waals surface area (Å²) < 4.78 is 29.7. The fraction of sp³-hybridized carbons (Fsp3) is 0.438. The zero-order valence-corrected chi connectivity index (χ0v) is 24.8. The van der Waals surface area contributed by atoms with Crippen LogP contribution >= 0.6 is 0 Å². The number of hydrogen-bond acceptors (Lipinski definition) is 5. The fourth-order valence-corrected chi connectivity index (χ4v) is 6.26. The van der Waals surface area contributed by atoms with Crippen molar-refractivity contribution in [1.29, 1.82) is 0 Å². The molecule has 2 atom stereocenters. The maximum absolute atomic E-state index is 13.4. The molecule has 3 rings (SSSR count). The van der Waals surface area contributed by atoms with Crippen LogP contribution in [0.15, 0.2) is 83.8 Å². The molecule has 0 saturated carbocycles. The lowest BCUT2D eigenvalue weighted by atomic mass is 9.94. The minimum Gasteiger partial charge on any atom is -0.372 e. The Morgan fingerprint density at radius 2 is 1.05 bits per heavy atom. The molecule has 0 radical (unpaired) electrons. The van der Waals surface area contributed by atoms with Gasteiger partial charge >= 0.3 is 0 Å². The van der Waals surface area contributed by atoms with Gasteiger partial charge in [-0.15, -0.1) is 0 Å². The normalized spacial score (nSPS) is 13.2. The predicted molar refractivity (Wildman–Crippen MR) is 165 cm³/mol. The summed E-state index contributed by atoms with van der Waals surface area (Å²) in [7, 11) is -3.79. The van der Waals surface area contributed by atoms with E-state index in [1.165, 1.54) is 0 Å². The van der Waals surface area contributed by atoms with Crippen LogP contribution < -0.4 is 20.3 Å². The number of nitrogens with zero attached hydrogens (tertiary/aromatic N) is 2. The molecule has 3 aromatic rings. The van der Waals surface area contributed by atoms with Gasteiger partial charge in [0.05, 0.1) is 17.0 Å². The van der Waals surface area contributed by atoms with Crippen LogP contribution in [0.1, 0.15) is 76.6 Å². The Morgan fingerprint density at radius 3 is 1.46 bits per heavy atom. The molecule has 39 heavy (non-hydrogen) atoms. The highest BCUT2D eigenvalue weighted by Crippen LogP contribution is 2.31. The van der Waals surface area contributed by atoms with Gasteiger partial charge in [-0.05, 0) is 73.2 Å². The van der Waals surface area contributed by atoms with Crippen molar-refractivity contribution in [3.63, 3.8) is 0 Å². The van der Waals surface area contributed by atoms with Crippen LogP contribution in [0, 0.1) is 0 Å². The molecule has 7 heteroatoms. The van der Waals surface area contributed by atoms with Gasteiger partial charge in [0.2, 0.25) is 10.0 Å². The van der Waals surface area contributed by atoms with E-state index < -0.39 is 22.1 Å². The van der Waals surface area contributed by atoms with Crippen molar-refractivity contribution < 1.29 is 8.42 Å². The molecule has 0 fully saturated rings. The van der Waals surface area contributed by atoms with Gasteiger partial charge in [-0.2, -0.15) is 0 Å². The first-order chi connectivity index (χ1) is 18.8. The minimum atomic E-state index is -3.79. The summed E-state index contributed by atoms with van der Waals surface area (Å²) in [6, 6.07) is 23.7. The van der Waals surface area contributed by atoms with E-state index in [0.29, 0.717) is 0 Å². The molecule has 0 aromatic heterocycles. The first kappa shape index (κ1) is 30.7. The molecule has 0 aliphatic heterocycles. The third-order valence-electron chi connectivity index (χ3n) is 6.93.